The van der Waals surface area contributed by atoms with E-state index in [-0.39, 0.29) is 30.0 Å². The first-order valence-electron chi connectivity index (χ1n) is 7.77. The van der Waals surface area contributed by atoms with Crippen LogP contribution in [0.4, 0.5) is 10.2 Å². The molecule has 1 aliphatic rings. The van der Waals surface area contributed by atoms with E-state index in [1.165, 1.54) is 24.3 Å². The lowest BCUT2D eigenvalue weighted by Crippen LogP contribution is -2.23. The van der Waals surface area contributed by atoms with Crippen LogP contribution in [0.1, 0.15) is 18.2 Å². The molecule has 0 unspecified atom stereocenters. The number of nitrogens with one attached hydrogen (secondary N) is 1. The number of amides is 1. The third-order valence-corrected chi connectivity index (χ3v) is 5.61. The van der Waals surface area contributed by atoms with Crippen LogP contribution in [0.5, 0.6) is 5.75 Å². The van der Waals surface area contributed by atoms with Crippen LogP contribution in [0.3, 0.4) is 0 Å². The summed E-state index contributed by atoms with van der Waals surface area (Å²) < 4.78 is 43.0. The molecule has 25 heavy (non-hydrogen) atoms. The van der Waals surface area contributed by atoms with Crippen LogP contribution < -0.4 is 10.1 Å². The summed E-state index contributed by atoms with van der Waals surface area (Å²) in [4.78, 5) is 12.1. The van der Waals surface area contributed by atoms with Crippen molar-refractivity contribution < 1.29 is 22.3 Å². The largest absolute Gasteiger partial charge is 0.484 e. The summed E-state index contributed by atoms with van der Waals surface area (Å²) in [6, 6.07) is 6.74. The number of aryl methyl sites for hydroxylation is 1. The van der Waals surface area contributed by atoms with Gasteiger partial charge < -0.3 is 10.1 Å². The highest BCUT2D eigenvalue weighted by Gasteiger charge is 2.31. The second kappa shape index (κ2) is 6.83. The molecule has 0 saturated carbocycles. The molecule has 1 atom stereocenters. The van der Waals surface area contributed by atoms with E-state index in [9.17, 15) is 17.6 Å². The van der Waals surface area contributed by atoms with Gasteiger partial charge in [-0.15, -0.1) is 0 Å². The Labute approximate surface area is 144 Å². The molecule has 0 bridgehead atoms. The molecule has 1 aromatic carbocycles. The zero-order valence-electron chi connectivity index (χ0n) is 13.6. The van der Waals surface area contributed by atoms with E-state index >= 15 is 0 Å². The number of carbonyl (C=O) groups is 1. The topological polar surface area (TPSA) is 90.3 Å². The molecular weight excluding hydrogens is 349 g/mol. The molecule has 1 N–H and O–H groups in total. The fourth-order valence-electron chi connectivity index (χ4n) is 2.72. The van der Waals surface area contributed by atoms with Gasteiger partial charge in [-0.25, -0.2) is 17.5 Å². The Morgan fingerprint density at radius 2 is 2.12 bits per heavy atom. The highest BCUT2D eigenvalue weighted by Crippen LogP contribution is 2.27. The second-order valence-electron chi connectivity index (χ2n) is 5.96. The van der Waals surface area contributed by atoms with Crippen molar-refractivity contribution in [3.8, 4) is 5.75 Å². The molecule has 1 amide bonds. The normalized spacial score (nSPS) is 18.9. The third-order valence-electron chi connectivity index (χ3n) is 3.86. The van der Waals surface area contributed by atoms with Gasteiger partial charge in [-0.05, 0) is 37.6 Å². The number of carbonyl (C=O) groups excluding carboxylic acids is 1. The quantitative estimate of drug-likeness (QED) is 0.869. The summed E-state index contributed by atoms with van der Waals surface area (Å²) in [6.45, 7) is 1.52. The molecule has 0 radical (unpaired) electrons. The Hall–Kier alpha value is -2.42. The van der Waals surface area contributed by atoms with Crippen LogP contribution in [0.25, 0.3) is 0 Å². The number of halogens is 1. The SMILES string of the molecule is Cc1cc(NC(=O)COc2ccc(F)cc2)n([C@H]2CCS(=O)(=O)C2)n1. The molecule has 2 heterocycles. The van der Waals surface area contributed by atoms with Crippen molar-refractivity contribution in [1.82, 2.24) is 9.78 Å². The van der Waals surface area contributed by atoms with Gasteiger partial charge in [0, 0.05) is 6.07 Å². The van der Waals surface area contributed by atoms with E-state index in [0.717, 1.165) is 0 Å². The third kappa shape index (κ3) is 4.36. The van der Waals surface area contributed by atoms with Gasteiger partial charge >= 0.3 is 0 Å². The Bertz CT molecular complexity index is 877. The van der Waals surface area contributed by atoms with Crippen molar-refractivity contribution in [2.75, 3.05) is 23.4 Å². The summed E-state index contributed by atoms with van der Waals surface area (Å²) in [5, 5.41) is 6.98. The summed E-state index contributed by atoms with van der Waals surface area (Å²) in [7, 11) is -3.06. The zero-order valence-corrected chi connectivity index (χ0v) is 14.4. The maximum absolute atomic E-state index is 12.8. The first-order valence-corrected chi connectivity index (χ1v) is 9.59. The van der Waals surface area contributed by atoms with Gasteiger partial charge in [-0.2, -0.15) is 5.10 Å². The predicted molar refractivity (Wildman–Crippen MR) is 89.8 cm³/mol. The summed E-state index contributed by atoms with van der Waals surface area (Å²) in [6.07, 6.45) is 0.471. The van der Waals surface area contributed by atoms with E-state index in [4.69, 9.17) is 4.74 Å². The van der Waals surface area contributed by atoms with Crippen molar-refractivity contribution in [3.05, 3.63) is 41.8 Å². The van der Waals surface area contributed by atoms with Crippen molar-refractivity contribution >= 4 is 21.6 Å². The van der Waals surface area contributed by atoms with Gasteiger partial charge in [0.2, 0.25) is 0 Å². The Kier molecular flexibility index (Phi) is 4.76. The summed E-state index contributed by atoms with van der Waals surface area (Å²) in [5.41, 5.74) is 0.680. The van der Waals surface area contributed by atoms with Gasteiger partial charge in [0.15, 0.2) is 16.4 Å². The molecule has 9 heteroatoms. The number of hydrogen-bond donors (Lipinski definition) is 1. The first-order chi connectivity index (χ1) is 11.8. The van der Waals surface area contributed by atoms with E-state index < -0.39 is 15.7 Å². The van der Waals surface area contributed by atoms with Crippen molar-refractivity contribution in [1.29, 1.82) is 0 Å². The minimum absolute atomic E-state index is 0.0169. The monoisotopic (exact) mass is 367 g/mol. The molecule has 1 saturated heterocycles. The van der Waals surface area contributed by atoms with Gasteiger partial charge in [-0.3, -0.25) is 4.79 Å². The molecule has 0 aliphatic carbocycles. The second-order valence-corrected chi connectivity index (χ2v) is 8.19. The number of rotatable bonds is 5. The summed E-state index contributed by atoms with van der Waals surface area (Å²) >= 11 is 0. The van der Waals surface area contributed by atoms with Gasteiger partial charge in [-0.1, -0.05) is 0 Å². The van der Waals surface area contributed by atoms with E-state index in [0.29, 0.717) is 23.7 Å². The lowest BCUT2D eigenvalue weighted by atomic mass is 10.3. The molecule has 1 fully saturated rings. The Balaban J connectivity index is 1.64. The zero-order chi connectivity index (χ0) is 18.0. The molecule has 134 valence electrons. The minimum Gasteiger partial charge on any atom is -0.484 e. The van der Waals surface area contributed by atoms with Crippen LogP contribution in [-0.2, 0) is 14.6 Å². The van der Waals surface area contributed by atoms with Crippen LogP contribution in [0.2, 0.25) is 0 Å². The molecule has 2 aromatic rings. The van der Waals surface area contributed by atoms with Crippen LogP contribution in [0.15, 0.2) is 30.3 Å². The number of benzene rings is 1. The van der Waals surface area contributed by atoms with E-state index in [1.807, 2.05) is 0 Å². The standard InChI is InChI=1S/C16H18FN3O4S/c1-11-8-15(20(19-11)13-6-7-25(22,23)10-13)18-16(21)9-24-14-4-2-12(17)3-5-14/h2-5,8,13H,6-7,9-10H2,1H3,(H,18,21)/t13-/m0/s1. The highest BCUT2D eigenvalue weighted by molar-refractivity contribution is 7.91. The number of hydrogen-bond acceptors (Lipinski definition) is 5. The number of sulfone groups is 1. The van der Waals surface area contributed by atoms with E-state index in [1.54, 1.807) is 17.7 Å². The Morgan fingerprint density at radius 1 is 1.40 bits per heavy atom. The van der Waals surface area contributed by atoms with Crippen molar-refractivity contribution in [2.24, 2.45) is 0 Å². The highest BCUT2D eigenvalue weighted by atomic mass is 32.2. The molecule has 7 nitrogen and oxygen atoms in total. The lowest BCUT2D eigenvalue weighted by molar-refractivity contribution is -0.118. The predicted octanol–water partition coefficient (Wildman–Crippen LogP) is 1.71. The molecule has 3 rings (SSSR count). The molecule has 0 spiro atoms. The van der Waals surface area contributed by atoms with Gasteiger partial charge in [0.1, 0.15) is 17.4 Å². The maximum atomic E-state index is 12.8. The minimum atomic E-state index is -3.06. The average molecular weight is 367 g/mol. The number of nitrogens with zero attached hydrogens (tertiary/aromatic N) is 2. The van der Waals surface area contributed by atoms with Gasteiger partial charge in [0.25, 0.3) is 5.91 Å². The Morgan fingerprint density at radius 3 is 2.76 bits per heavy atom. The number of aromatic nitrogens is 2. The van der Waals surface area contributed by atoms with Crippen LogP contribution >= 0.6 is 0 Å². The van der Waals surface area contributed by atoms with Crippen LogP contribution in [0, 0.1) is 12.7 Å². The first kappa shape index (κ1) is 17.4. The summed E-state index contributed by atoms with van der Waals surface area (Å²) in [5.74, 6) is 0.158. The average Bonchev–Trinajstić information content (AvgIpc) is 3.08. The number of ether oxygens (including phenoxy) is 1. The fraction of sp³-hybridized carbons (Fsp3) is 0.375. The number of anilines is 1. The van der Waals surface area contributed by atoms with Crippen molar-refractivity contribution in [3.63, 3.8) is 0 Å². The fourth-order valence-corrected chi connectivity index (χ4v) is 4.41. The maximum Gasteiger partial charge on any atom is 0.263 e. The van der Waals surface area contributed by atoms with Crippen LogP contribution in [-0.4, -0.2) is 42.2 Å². The van der Waals surface area contributed by atoms with Gasteiger partial charge in [0.05, 0.1) is 23.2 Å². The molecule has 1 aliphatic heterocycles. The molecular formula is C16H18FN3O4S. The van der Waals surface area contributed by atoms with E-state index in [2.05, 4.69) is 10.4 Å². The lowest BCUT2D eigenvalue weighted by Gasteiger charge is -2.14. The molecule has 1 aromatic heterocycles. The smallest absolute Gasteiger partial charge is 0.263 e. The van der Waals surface area contributed by atoms with Crippen molar-refractivity contribution in [2.45, 2.75) is 19.4 Å².